The van der Waals surface area contributed by atoms with Gasteiger partial charge >= 0.3 is 12.1 Å². The summed E-state index contributed by atoms with van der Waals surface area (Å²) in [6, 6.07) is 5.76. The minimum atomic E-state index is -1.45. The van der Waals surface area contributed by atoms with Crippen LogP contribution >= 0.6 is 0 Å². The highest BCUT2D eigenvalue weighted by Crippen LogP contribution is 2.35. The second-order valence-electron chi connectivity index (χ2n) is 13.1. The summed E-state index contributed by atoms with van der Waals surface area (Å²) < 4.78 is 17.1. The molecule has 10 heteroatoms. The SMILES string of the molecule is CC1(NC(=O)OC(C)(C)C)CCC(N=C(N)c2ccc3c(c2)CC[C@H]([C@](C)(ON)C(=O)OC(C)(C)C)O3)CC1. The molecule has 5 N–H and O–H groups in total. The molecule has 1 amide bonds. The summed E-state index contributed by atoms with van der Waals surface area (Å²) in [5, 5.41) is 3.03. The molecule has 1 aliphatic carbocycles. The van der Waals surface area contributed by atoms with Crippen LogP contribution in [0.2, 0.25) is 0 Å². The van der Waals surface area contributed by atoms with Crippen LogP contribution in [0.5, 0.6) is 5.75 Å². The topological polar surface area (TPSA) is 147 Å². The molecule has 1 aliphatic heterocycles. The van der Waals surface area contributed by atoms with Crippen molar-refractivity contribution in [2.24, 2.45) is 16.6 Å². The lowest BCUT2D eigenvalue weighted by Crippen LogP contribution is -2.56. The van der Waals surface area contributed by atoms with Crippen molar-refractivity contribution in [1.29, 1.82) is 0 Å². The lowest BCUT2D eigenvalue weighted by atomic mass is 9.81. The molecule has 1 aromatic carbocycles. The number of amidine groups is 1. The molecule has 0 unspecified atom stereocenters. The zero-order valence-corrected chi connectivity index (χ0v) is 24.7. The average Bonchev–Trinajstić information content (AvgIpc) is 2.81. The van der Waals surface area contributed by atoms with E-state index < -0.39 is 35.0 Å². The molecule has 1 fully saturated rings. The standard InChI is InChI=1S/C29H46N4O6/c1-26(2,3)37-24(34)29(8,39-31)22-12-10-18-17-19(9-11-21(18)36-22)23(30)32-20-13-15-28(7,16-14-20)33-25(35)38-27(4,5)6/h9,11,17,20,22H,10,12-16,31H2,1-8H3,(H2,30,32)(H,33,35)/t20?,22-,28?,29+/m1/s1. The molecule has 1 aromatic rings. The molecule has 2 atom stereocenters. The maximum absolute atomic E-state index is 12.8. The Morgan fingerprint density at radius 2 is 1.64 bits per heavy atom. The number of nitrogens with one attached hydrogen (secondary N) is 1. The quantitative estimate of drug-likeness (QED) is 0.207. The normalized spacial score (nSPS) is 25.5. The van der Waals surface area contributed by atoms with E-state index in [1.54, 1.807) is 27.7 Å². The van der Waals surface area contributed by atoms with Crippen LogP contribution in [0.4, 0.5) is 4.79 Å². The van der Waals surface area contributed by atoms with Crippen LogP contribution in [0.1, 0.15) is 98.6 Å². The highest BCUT2D eigenvalue weighted by molar-refractivity contribution is 5.98. The zero-order valence-electron chi connectivity index (χ0n) is 24.7. The predicted octanol–water partition coefficient (Wildman–Crippen LogP) is 4.30. The van der Waals surface area contributed by atoms with Crippen LogP contribution in [-0.4, -0.2) is 52.4 Å². The van der Waals surface area contributed by atoms with Crippen molar-refractivity contribution in [3.63, 3.8) is 0 Å². The van der Waals surface area contributed by atoms with Crippen molar-refractivity contribution in [3.8, 4) is 5.75 Å². The maximum atomic E-state index is 12.8. The summed E-state index contributed by atoms with van der Waals surface area (Å²) in [6.07, 6.45) is 3.37. The van der Waals surface area contributed by atoms with Crippen molar-refractivity contribution in [2.75, 3.05) is 0 Å². The van der Waals surface area contributed by atoms with Crippen molar-refractivity contribution >= 4 is 17.9 Å². The molecule has 1 saturated carbocycles. The van der Waals surface area contributed by atoms with E-state index in [2.05, 4.69) is 5.32 Å². The molecule has 1 heterocycles. The van der Waals surface area contributed by atoms with Crippen LogP contribution in [0.25, 0.3) is 0 Å². The predicted molar refractivity (Wildman–Crippen MR) is 149 cm³/mol. The Morgan fingerprint density at radius 1 is 1.03 bits per heavy atom. The fourth-order valence-electron chi connectivity index (χ4n) is 4.89. The number of nitrogens with two attached hydrogens (primary N) is 2. The third-order valence-electron chi connectivity index (χ3n) is 7.15. The second kappa shape index (κ2) is 11.3. The first-order valence-electron chi connectivity index (χ1n) is 13.7. The van der Waals surface area contributed by atoms with Crippen molar-refractivity contribution in [1.82, 2.24) is 5.32 Å². The molecule has 0 saturated heterocycles. The molecule has 2 aliphatic rings. The smallest absolute Gasteiger partial charge is 0.408 e. The van der Waals surface area contributed by atoms with Crippen molar-refractivity contribution in [2.45, 2.75) is 128 Å². The van der Waals surface area contributed by atoms with Gasteiger partial charge in [-0.1, -0.05) is 0 Å². The van der Waals surface area contributed by atoms with E-state index in [1.807, 2.05) is 45.9 Å². The number of hydrogen-bond acceptors (Lipinski definition) is 8. The lowest BCUT2D eigenvalue weighted by Gasteiger charge is -2.38. The van der Waals surface area contributed by atoms with Crippen LogP contribution in [-0.2, 0) is 25.5 Å². The minimum Gasteiger partial charge on any atom is -0.486 e. The van der Waals surface area contributed by atoms with E-state index in [9.17, 15) is 9.59 Å². The summed E-state index contributed by atoms with van der Waals surface area (Å²) in [5.74, 6) is 6.11. The summed E-state index contributed by atoms with van der Waals surface area (Å²) in [7, 11) is 0. The third kappa shape index (κ3) is 8.08. The number of hydrogen-bond donors (Lipinski definition) is 3. The average molecular weight is 547 g/mol. The first-order chi connectivity index (χ1) is 17.9. The molecule has 0 radical (unpaired) electrons. The Morgan fingerprint density at radius 3 is 2.21 bits per heavy atom. The summed E-state index contributed by atoms with van der Waals surface area (Å²) in [5.41, 5.74) is 5.22. The van der Waals surface area contributed by atoms with Gasteiger partial charge in [0.2, 0.25) is 5.60 Å². The number of alkyl carbamates (subject to hydrolysis) is 1. The highest BCUT2D eigenvalue weighted by atomic mass is 16.7. The number of ether oxygens (including phenoxy) is 3. The molecule has 218 valence electrons. The van der Waals surface area contributed by atoms with Gasteiger partial charge in [-0.2, -0.15) is 0 Å². The number of aliphatic imine (C=N–C) groups is 1. The Labute approximate surface area is 232 Å². The Hall–Kier alpha value is -2.85. The number of carbonyl (C=O) groups is 2. The highest BCUT2D eigenvalue weighted by Gasteiger charge is 2.48. The van der Waals surface area contributed by atoms with E-state index in [1.165, 1.54) is 0 Å². The molecule has 0 aromatic heterocycles. The van der Waals surface area contributed by atoms with Crippen molar-refractivity contribution in [3.05, 3.63) is 29.3 Å². The van der Waals surface area contributed by atoms with E-state index in [0.29, 0.717) is 24.4 Å². The number of fused-ring (bicyclic) bond motifs is 1. The number of amides is 1. The van der Waals surface area contributed by atoms with Gasteiger partial charge in [-0.3, -0.25) is 9.83 Å². The Balaban J connectivity index is 1.63. The van der Waals surface area contributed by atoms with Crippen molar-refractivity contribution < 1.29 is 28.6 Å². The van der Waals surface area contributed by atoms with Gasteiger partial charge in [0.1, 0.15) is 28.9 Å². The molecule has 10 nitrogen and oxygen atoms in total. The lowest BCUT2D eigenvalue weighted by molar-refractivity contribution is -0.196. The molecular formula is C29H46N4O6. The first-order valence-corrected chi connectivity index (χ1v) is 13.7. The van der Waals surface area contributed by atoms with Gasteiger partial charge in [-0.25, -0.2) is 15.5 Å². The number of esters is 1. The van der Waals surface area contributed by atoms with Gasteiger partial charge < -0.3 is 25.3 Å². The van der Waals surface area contributed by atoms with Gasteiger partial charge in [0, 0.05) is 11.1 Å². The molecule has 0 bridgehead atoms. The summed E-state index contributed by atoms with van der Waals surface area (Å²) >= 11 is 0. The van der Waals surface area contributed by atoms with E-state index in [0.717, 1.165) is 36.8 Å². The van der Waals surface area contributed by atoms with Gasteiger partial charge in [0.25, 0.3) is 0 Å². The molecule has 0 spiro atoms. The van der Waals surface area contributed by atoms with E-state index in [4.69, 9.17) is 35.7 Å². The van der Waals surface area contributed by atoms with Crippen LogP contribution in [0.15, 0.2) is 23.2 Å². The van der Waals surface area contributed by atoms with Gasteiger partial charge in [0.05, 0.1) is 6.04 Å². The number of aryl methyl sites for hydroxylation is 1. The van der Waals surface area contributed by atoms with Gasteiger partial charge in [-0.15, -0.1) is 0 Å². The number of rotatable bonds is 6. The van der Waals surface area contributed by atoms with E-state index in [-0.39, 0.29) is 11.6 Å². The number of nitrogens with zero attached hydrogens (tertiary/aromatic N) is 1. The largest absolute Gasteiger partial charge is 0.486 e. The van der Waals surface area contributed by atoms with Crippen LogP contribution < -0.4 is 21.7 Å². The second-order valence-corrected chi connectivity index (χ2v) is 13.1. The molecular weight excluding hydrogens is 500 g/mol. The third-order valence-corrected chi connectivity index (χ3v) is 7.15. The zero-order chi connectivity index (χ0) is 29.2. The summed E-state index contributed by atoms with van der Waals surface area (Å²) in [6.45, 7) is 14.6. The Bertz CT molecular complexity index is 1080. The van der Waals surface area contributed by atoms with Crippen LogP contribution in [0, 0.1) is 0 Å². The maximum Gasteiger partial charge on any atom is 0.408 e. The number of carbonyl (C=O) groups excluding carboxylic acids is 2. The fraction of sp³-hybridized carbons (Fsp3) is 0.690. The number of benzene rings is 1. The Kier molecular flexibility index (Phi) is 8.92. The van der Waals surface area contributed by atoms with Crippen LogP contribution in [0.3, 0.4) is 0 Å². The minimum absolute atomic E-state index is 0.0754. The molecule has 39 heavy (non-hydrogen) atoms. The van der Waals surface area contributed by atoms with Gasteiger partial charge in [-0.05, 0) is 118 Å². The molecule has 3 rings (SSSR count). The first kappa shape index (κ1) is 30.7. The fourth-order valence-corrected chi connectivity index (χ4v) is 4.89. The summed E-state index contributed by atoms with van der Waals surface area (Å²) in [4.78, 5) is 35.0. The monoisotopic (exact) mass is 546 g/mol. The van der Waals surface area contributed by atoms with E-state index >= 15 is 0 Å². The van der Waals surface area contributed by atoms with Gasteiger partial charge in [0.15, 0.2) is 0 Å².